The van der Waals surface area contributed by atoms with Crippen LogP contribution in [-0.2, 0) is 10.0 Å². The minimum atomic E-state index is -3.56. The van der Waals surface area contributed by atoms with Crippen LogP contribution in [0.2, 0.25) is 0 Å². The third-order valence-electron chi connectivity index (χ3n) is 5.26. The van der Waals surface area contributed by atoms with Crippen LogP contribution in [0.15, 0.2) is 29.2 Å². The van der Waals surface area contributed by atoms with E-state index in [1.807, 2.05) is 18.7 Å². The lowest BCUT2D eigenvalue weighted by molar-refractivity contribution is 0.0623. The molecular weight excluding hydrogens is 374 g/mol. The quantitative estimate of drug-likeness (QED) is 0.695. The van der Waals surface area contributed by atoms with Gasteiger partial charge in [0.15, 0.2) is 0 Å². The molecule has 0 bridgehead atoms. The third kappa shape index (κ3) is 5.78. The van der Waals surface area contributed by atoms with Crippen molar-refractivity contribution in [1.82, 2.24) is 14.1 Å². The smallest absolute Gasteiger partial charge is 0.253 e. The molecular formula is C21H35N3O3S. The molecule has 0 radical (unpaired) electrons. The SMILES string of the molecule is CCN(CC)S(=O)(=O)c1cccc(C(=O)N2CCN(CCC(C)(C)C)CC2)c1. The highest BCUT2D eigenvalue weighted by atomic mass is 32.2. The maximum atomic E-state index is 12.9. The van der Waals surface area contributed by atoms with Gasteiger partial charge in [0.25, 0.3) is 5.91 Å². The average molecular weight is 410 g/mol. The first kappa shape index (κ1) is 22.8. The Morgan fingerprint density at radius 2 is 1.68 bits per heavy atom. The second-order valence-electron chi connectivity index (χ2n) is 8.56. The number of amides is 1. The molecule has 0 N–H and O–H groups in total. The Labute approximate surface area is 170 Å². The van der Waals surface area contributed by atoms with Crippen LogP contribution in [0.5, 0.6) is 0 Å². The van der Waals surface area contributed by atoms with E-state index in [0.29, 0.717) is 37.2 Å². The van der Waals surface area contributed by atoms with Crippen LogP contribution >= 0.6 is 0 Å². The summed E-state index contributed by atoms with van der Waals surface area (Å²) in [6, 6.07) is 6.44. The highest BCUT2D eigenvalue weighted by Gasteiger charge is 2.26. The third-order valence-corrected chi connectivity index (χ3v) is 7.31. The molecule has 158 valence electrons. The van der Waals surface area contributed by atoms with Crippen LogP contribution in [-0.4, -0.2) is 74.2 Å². The Morgan fingerprint density at radius 3 is 2.21 bits per heavy atom. The lowest BCUT2D eigenvalue weighted by Gasteiger charge is -2.36. The lowest BCUT2D eigenvalue weighted by atomic mass is 9.92. The number of hydrogen-bond acceptors (Lipinski definition) is 4. The van der Waals surface area contributed by atoms with Crippen molar-refractivity contribution in [3.05, 3.63) is 29.8 Å². The molecule has 0 unspecified atom stereocenters. The number of piperazine rings is 1. The van der Waals surface area contributed by atoms with Gasteiger partial charge in [0.2, 0.25) is 10.0 Å². The molecule has 1 aliphatic heterocycles. The summed E-state index contributed by atoms with van der Waals surface area (Å²) in [6.07, 6.45) is 1.13. The fourth-order valence-corrected chi connectivity index (χ4v) is 4.86. The van der Waals surface area contributed by atoms with Crippen molar-refractivity contribution in [2.24, 2.45) is 5.41 Å². The Bertz CT molecular complexity index is 759. The van der Waals surface area contributed by atoms with Gasteiger partial charge in [0.05, 0.1) is 4.90 Å². The molecule has 0 saturated carbocycles. The van der Waals surface area contributed by atoms with E-state index in [-0.39, 0.29) is 10.8 Å². The van der Waals surface area contributed by atoms with Crippen LogP contribution in [0, 0.1) is 5.41 Å². The molecule has 1 amide bonds. The summed E-state index contributed by atoms with van der Waals surface area (Å²) in [4.78, 5) is 17.3. The normalized spacial score (nSPS) is 16.6. The van der Waals surface area contributed by atoms with Crippen LogP contribution in [0.25, 0.3) is 0 Å². The monoisotopic (exact) mass is 409 g/mol. The van der Waals surface area contributed by atoms with E-state index >= 15 is 0 Å². The number of carbonyl (C=O) groups excluding carboxylic acids is 1. The van der Waals surface area contributed by atoms with Gasteiger partial charge in [-0.05, 0) is 36.6 Å². The van der Waals surface area contributed by atoms with E-state index in [4.69, 9.17) is 0 Å². The molecule has 1 fully saturated rings. The lowest BCUT2D eigenvalue weighted by Crippen LogP contribution is -2.49. The van der Waals surface area contributed by atoms with E-state index in [0.717, 1.165) is 26.1 Å². The molecule has 7 heteroatoms. The van der Waals surface area contributed by atoms with Crippen molar-refractivity contribution in [3.63, 3.8) is 0 Å². The molecule has 1 aromatic carbocycles. The zero-order valence-corrected chi connectivity index (χ0v) is 18.8. The summed E-state index contributed by atoms with van der Waals surface area (Å²) in [6.45, 7) is 15.3. The predicted molar refractivity (Wildman–Crippen MR) is 113 cm³/mol. The molecule has 6 nitrogen and oxygen atoms in total. The molecule has 1 aromatic rings. The van der Waals surface area contributed by atoms with Gasteiger partial charge in [-0.1, -0.05) is 40.7 Å². The van der Waals surface area contributed by atoms with E-state index in [1.165, 1.54) is 10.4 Å². The van der Waals surface area contributed by atoms with Crippen molar-refractivity contribution in [3.8, 4) is 0 Å². The largest absolute Gasteiger partial charge is 0.336 e. The topological polar surface area (TPSA) is 60.9 Å². The van der Waals surface area contributed by atoms with E-state index in [9.17, 15) is 13.2 Å². The minimum Gasteiger partial charge on any atom is -0.336 e. The van der Waals surface area contributed by atoms with Crippen molar-refractivity contribution < 1.29 is 13.2 Å². The summed E-state index contributed by atoms with van der Waals surface area (Å²) in [7, 11) is -3.56. The zero-order chi connectivity index (χ0) is 20.9. The van der Waals surface area contributed by atoms with Crippen molar-refractivity contribution in [1.29, 1.82) is 0 Å². The fourth-order valence-electron chi connectivity index (χ4n) is 3.35. The van der Waals surface area contributed by atoms with Crippen molar-refractivity contribution in [2.75, 3.05) is 45.8 Å². The van der Waals surface area contributed by atoms with E-state index in [2.05, 4.69) is 25.7 Å². The van der Waals surface area contributed by atoms with E-state index in [1.54, 1.807) is 18.2 Å². The number of sulfonamides is 1. The van der Waals surface area contributed by atoms with Gasteiger partial charge < -0.3 is 4.90 Å². The summed E-state index contributed by atoms with van der Waals surface area (Å²) >= 11 is 0. The molecule has 0 spiro atoms. The van der Waals surface area contributed by atoms with Crippen LogP contribution in [0.3, 0.4) is 0 Å². The van der Waals surface area contributed by atoms with Crippen molar-refractivity contribution in [2.45, 2.75) is 45.9 Å². The molecule has 1 heterocycles. The molecule has 2 rings (SSSR count). The number of rotatable bonds is 7. The summed E-state index contributed by atoms with van der Waals surface area (Å²) < 4.78 is 26.9. The average Bonchev–Trinajstić information content (AvgIpc) is 2.66. The van der Waals surface area contributed by atoms with Gasteiger partial charge in [-0.2, -0.15) is 4.31 Å². The molecule has 28 heavy (non-hydrogen) atoms. The van der Waals surface area contributed by atoms with Gasteiger partial charge in [0, 0.05) is 44.8 Å². The Hall–Kier alpha value is -1.44. The molecule has 0 aliphatic carbocycles. The second kappa shape index (κ2) is 9.37. The molecule has 1 aliphatic rings. The number of hydrogen-bond donors (Lipinski definition) is 0. The van der Waals surface area contributed by atoms with Gasteiger partial charge in [-0.3, -0.25) is 9.69 Å². The van der Waals surface area contributed by atoms with Crippen LogP contribution in [0.1, 0.15) is 51.4 Å². The standard InChI is InChI=1S/C21H35N3O3S/c1-6-24(7-2)28(26,27)19-10-8-9-18(17-19)20(25)23-15-13-22(14-16-23)12-11-21(3,4)5/h8-10,17H,6-7,11-16H2,1-5H3. The highest BCUT2D eigenvalue weighted by molar-refractivity contribution is 7.89. The van der Waals surface area contributed by atoms with Crippen LogP contribution < -0.4 is 0 Å². The highest BCUT2D eigenvalue weighted by Crippen LogP contribution is 2.21. The summed E-state index contributed by atoms with van der Waals surface area (Å²) in [5.41, 5.74) is 0.750. The molecule has 0 aromatic heterocycles. The minimum absolute atomic E-state index is 0.0907. The maximum absolute atomic E-state index is 12.9. The molecule has 1 saturated heterocycles. The Morgan fingerprint density at radius 1 is 1.07 bits per heavy atom. The number of carbonyl (C=O) groups is 1. The first-order valence-corrected chi connectivity index (χ1v) is 11.6. The Balaban J connectivity index is 2.04. The number of benzene rings is 1. The molecule has 0 atom stereocenters. The summed E-state index contributed by atoms with van der Waals surface area (Å²) in [5.74, 6) is -0.0907. The number of nitrogens with zero attached hydrogens (tertiary/aromatic N) is 3. The van der Waals surface area contributed by atoms with Gasteiger partial charge in [-0.15, -0.1) is 0 Å². The fraction of sp³-hybridized carbons (Fsp3) is 0.667. The zero-order valence-electron chi connectivity index (χ0n) is 17.9. The van der Waals surface area contributed by atoms with Gasteiger partial charge >= 0.3 is 0 Å². The van der Waals surface area contributed by atoms with Gasteiger partial charge in [0.1, 0.15) is 0 Å². The van der Waals surface area contributed by atoms with Gasteiger partial charge in [-0.25, -0.2) is 8.42 Å². The van der Waals surface area contributed by atoms with Crippen molar-refractivity contribution >= 4 is 15.9 Å². The second-order valence-corrected chi connectivity index (χ2v) is 10.5. The first-order chi connectivity index (χ1) is 13.1. The first-order valence-electron chi connectivity index (χ1n) is 10.2. The van der Waals surface area contributed by atoms with E-state index < -0.39 is 10.0 Å². The van der Waals surface area contributed by atoms with Crippen LogP contribution in [0.4, 0.5) is 0 Å². The predicted octanol–water partition coefficient (Wildman–Crippen LogP) is 2.91. The summed E-state index contributed by atoms with van der Waals surface area (Å²) in [5, 5.41) is 0. The maximum Gasteiger partial charge on any atom is 0.253 e. The Kier molecular flexibility index (Phi) is 7.65.